The summed E-state index contributed by atoms with van der Waals surface area (Å²) in [7, 11) is 0. The molecule has 0 bridgehead atoms. The number of carbonyl (C=O) groups is 3. The second-order valence-electron chi connectivity index (χ2n) is 4.66. The Morgan fingerprint density at radius 3 is 2.29 bits per heavy atom. The van der Waals surface area contributed by atoms with Crippen LogP contribution in [0.25, 0.3) is 0 Å². The molecule has 0 saturated heterocycles. The highest BCUT2D eigenvalue weighted by molar-refractivity contribution is 6.21. The third-order valence-corrected chi connectivity index (χ3v) is 3.24. The number of Topliss-reactive ketones (excluding diaryl/α,β-unsaturated/α-hetero) is 1. The van der Waals surface area contributed by atoms with Crippen molar-refractivity contribution in [2.45, 2.75) is 13.5 Å². The lowest BCUT2D eigenvalue weighted by Crippen LogP contribution is -2.30. The molecular weight excluding hydrogens is 270 g/mol. The molecule has 104 valence electrons. The van der Waals surface area contributed by atoms with Gasteiger partial charge in [-0.25, -0.2) is 9.97 Å². The average molecular weight is 281 g/mol. The van der Waals surface area contributed by atoms with Crippen LogP contribution in [-0.2, 0) is 6.54 Å². The molecule has 21 heavy (non-hydrogen) atoms. The minimum absolute atomic E-state index is 0.0481. The van der Waals surface area contributed by atoms with Crippen molar-refractivity contribution in [2.75, 3.05) is 0 Å². The Labute approximate surface area is 120 Å². The molecule has 3 rings (SSSR count). The predicted molar refractivity (Wildman–Crippen MR) is 72.7 cm³/mol. The number of hydrogen-bond acceptors (Lipinski definition) is 5. The molecule has 0 saturated carbocycles. The van der Waals surface area contributed by atoms with Crippen LogP contribution in [0.5, 0.6) is 0 Å². The number of nitrogens with zero attached hydrogens (tertiary/aromatic N) is 3. The van der Waals surface area contributed by atoms with Gasteiger partial charge >= 0.3 is 0 Å². The number of ketones is 1. The number of aromatic nitrogens is 2. The van der Waals surface area contributed by atoms with Crippen LogP contribution in [0.15, 0.2) is 36.5 Å². The van der Waals surface area contributed by atoms with E-state index in [4.69, 9.17) is 0 Å². The normalized spacial score (nSPS) is 13.5. The van der Waals surface area contributed by atoms with Gasteiger partial charge in [-0.15, -0.1) is 0 Å². The van der Waals surface area contributed by atoms with E-state index in [1.165, 1.54) is 19.2 Å². The molecule has 1 aromatic carbocycles. The molecule has 0 radical (unpaired) electrons. The summed E-state index contributed by atoms with van der Waals surface area (Å²) in [4.78, 5) is 44.9. The van der Waals surface area contributed by atoms with Gasteiger partial charge in [0.2, 0.25) is 0 Å². The quantitative estimate of drug-likeness (QED) is 0.628. The molecule has 0 spiro atoms. The van der Waals surface area contributed by atoms with E-state index in [1.54, 1.807) is 24.3 Å². The second-order valence-corrected chi connectivity index (χ2v) is 4.66. The van der Waals surface area contributed by atoms with Crippen LogP contribution in [0.4, 0.5) is 0 Å². The van der Waals surface area contributed by atoms with Crippen molar-refractivity contribution in [1.82, 2.24) is 14.9 Å². The van der Waals surface area contributed by atoms with Crippen molar-refractivity contribution in [3.05, 3.63) is 59.2 Å². The van der Waals surface area contributed by atoms with Crippen LogP contribution in [-0.4, -0.2) is 32.5 Å². The lowest BCUT2D eigenvalue weighted by Gasteiger charge is -2.12. The van der Waals surface area contributed by atoms with E-state index in [-0.39, 0.29) is 35.7 Å². The summed E-state index contributed by atoms with van der Waals surface area (Å²) in [6.45, 7) is 1.35. The number of imide groups is 1. The first-order valence-corrected chi connectivity index (χ1v) is 6.36. The van der Waals surface area contributed by atoms with Crippen LogP contribution < -0.4 is 0 Å². The Kier molecular flexibility index (Phi) is 3.06. The summed E-state index contributed by atoms with van der Waals surface area (Å²) in [6, 6.07) is 8.14. The highest BCUT2D eigenvalue weighted by atomic mass is 16.2. The fourth-order valence-electron chi connectivity index (χ4n) is 2.20. The molecule has 6 nitrogen and oxygen atoms in total. The van der Waals surface area contributed by atoms with E-state index in [0.29, 0.717) is 11.1 Å². The number of fused-ring (bicyclic) bond motifs is 1. The zero-order chi connectivity index (χ0) is 15.0. The molecule has 1 aromatic heterocycles. The summed E-state index contributed by atoms with van der Waals surface area (Å²) in [5.74, 6) is -0.668. The Balaban J connectivity index is 1.90. The Hall–Kier alpha value is -2.89. The van der Waals surface area contributed by atoms with Gasteiger partial charge in [0, 0.05) is 13.1 Å². The molecule has 2 aromatic rings. The highest BCUT2D eigenvalue weighted by Gasteiger charge is 2.35. The molecule has 0 fully saturated rings. The zero-order valence-electron chi connectivity index (χ0n) is 11.2. The Bertz CT molecular complexity index is 735. The van der Waals surface area contributed by atoms with Crippen molar-refractivity contribution < 1.29 is 14.4 Å². The molecule has 0 unspecified atom stereocenters. The van der Waals surface area contributed by atoms with Crippen molar-refractivity contribution >= 4 is 17.6 Å². The lowest BCUT2D eigenvalue weighted by atomic mass is 10.1. The average Bonchev–Trinajstić information content (AvgIpc) is 2.73. The smallest absolute Gasteiger partial charge is 0.261 e. The number of rotatable bonds is 3. The molecule has 1 aliphatic rings. The van der Waals surface area contributed by atoms with Crippen LogP contribution in [0.3, 0.4) is 0 Å². The van der Waals surface area contributed by atoms with E-state index in [2.05, 4.69) is 9.97 Å². The topological polar surface area (TPSA) is 80.2 Å². The van der Waals surface area contributed by atoms with E-state index in [0.717, 1.165) is 4.90 Å². The van der Waals surface area contributed by atoms with E-state index in [9.17, 15) is 14.4 Å². The van der Waals surface area contributed by atoms with E-state index < -0.39 is 0 Å². The zero-order valence-corrected chi connectivity index (χ0v) is 11.2. The summed E-state index contributed by atoms with van der Waals surface area (Å²) < 4.78 is 0. The first kappa shape index (κ1) is 13.1. The van der Waals surface area contributed by atoms with Crippen molar-refractivity contribution in [2.24, 2.45) is 0 Å². The number of amides is 2. The van der Waals surface area contributed by atoms with Crippen molar-refractivity contribution in [3.63, 3.8) is 0 Å². The largest absolute Gasteiger partial charge is 0.293 e. The van der Waals surface area contributed by atoms with Gasteiger partial charge in [-0.2, -0.15) is 0 Å². The molecule has 2 amide bonds. The number of hydrogen-bond donors (Lipinski definition) is 0. The van der Waals surface area contributed by atoms with Gasteiger partial charge in [0.25, 0.3) is 11.8 Å². The maximum Gasteiger partial charge on any atom is 0.261 e. The predicted octanol–water partition coefficient (Wildman–Crippen LogP) is 1.48. The number of benzene rings is 1. The fraction of sp³-hybridized carbons (Fsp3) is 0.133. The second kappa shape index (κ2) is 4.90. The lowest BCUT2D eigenvalue weighted by molar-refractivity contribution is 0.0638. The molecule has 1 aliphatic heterocycles. The van der Waals surface area contributed by atoms with Crippen LogP contribution in [0.2, 0.25) is 0 Å². The maximum atomic E-state index is 12.2. The van der Waals surface area contributed by atoms with Gasteiger partial charge in [-0.3, -0.25) is 19.3 Å². The Morgan fingerprint density at radius 1 is 1.10 bits per heavy atom. The van der Waals surface area contributed by atoms with Gasteiger partial charge in [0.1, 0.15) is 11.5 Å². The van der Waals surface area contributed by atoms with Crippen molar-refractivity contribution in [1.29, 1.82) is 0 Å². The molecule has 0 N–H and O–H groups in total. The maximum absolute atomic E-state index is 12.2. The summed E-state index contributed by atoms with van der Waals surface area (Å²) >= 11 is 0. The molecular formula is C15H11N3O3. The summed E-state index contributed by atoms with van der Waals surface area (Å²) in [5.41, 5.74) is 1.02. The van der Waals surface area contributed by atoms with Crippen LogP contribution in [0.1, 0.15) is 44.0 Å². The first-order chi connectivity index (χ1) is 10.1. The van der Waals surface area contributed by atoms with Gasteiger partial charge in [0.15, 0.2) is 5.78 Å². The van der Waals surface area contributed by atoms with E-state index in [1.807, 2.05) is 0 Å². The summed E-state index contributed by atoms with van der Waals surface area (Å²) in [6.07, 6.45) is 1.44. The van der Waals surface area contributed by atoms with Gasteiger partial charge < -0.3 is 0 Å². The van der Waals surface area contributed by atoms with Crippen LogP contribution in [0, 0.1) is 0 Å². The van der Waals surface area contributed by atoms with Gasteiger partial charge in [0.05, 0.1) is 17.7 Å². The highest BCUT2D eigenvalue weighted by Crippen LogP contribution is 2.23. The fourth-order valence-corrected chi connectivity index (χ4v) is 2.20. The summed E-state index contributed by atoms with van der Waals surface area (Å²) in [5, 5.41) is 0. The molecule has 0 atom stereocenters. The third-order valence-electron chi connectivity index (χ3n) is 3.24. The van der Waals surface area contributed by atoms with Crippen LogP contribution >= 0.6 is 0 Å². The number of carbonyl (C=O) groups excluding carboxylic acids is 3. The van der Waals surface area contributed by atoms with Crippen molar-refractivity contribution in [3.8, 4) is 0 Å². The standard InChI is InChI=1S/C15H11N3O3/c1-9(19)12-6-7-16-13(17-12)8-18-14(20)10-4-2-3-5-11(10)15(18)21/h2-7H,8H2,1H3. The Morgan fingerprint density at radius 2 is 1.71 bits per heavy atom. The molecule has 2 heterocycles. The first-order valence-electron chi connectivity index (χ1n) is 6.36. The van der Waals surface area contributed by atoms with Gasteiger partial charge in [-0.05, 0) is 18.2 Å². The molecule has 0 aliphatic carbocycles. The van der Waals surface area contributed by atoms with E-state index >= 15 is 0 Å². The SMILES string of the molecule is CC(=O)c1ccnc(CN2C(=O)c3ccccc3C2=O)n1. The monoisotopic (exact) mass is 281 g/mol. The van der Waals surface area contributed by atoms with Gasteiger partial charge in [-0.1, -0.05) is 12.1 Å². The molecule has 6 heteroatoms. The third kappa shape index (κ3) is 2.20. The minimum atomic E-state index is -0.368. The minimum Gasteiger partial charge on any atom is -0.293 e.